The van der Waals surface area contributed by atoms with E-state index in [-0.39, 0.29) is 4.83 Å². The second-order valence-corrected chi connectivity index (χ2v) is 7.63. The van der Waals surface area contributed by atoms with Gasteiger partial charge in [-0.1, -0.05) is 33.6 Å². The molecular formula is C11H14BrClO3S. The molecule has 96 valence electrons. The van der Waals surface area contributed by atoms with Gasteiger partial charge in [0, 0.05) is 6.26 Å². The third-order valence-electron chi connectivity index (χ3n) is 2.58. The highest BCUT2D eigenvalue weighted by atomic mass is 79.9. The molecule has 0 aromatic heterocycles. The molecule has 0 heterocycles. The molecule has 3 nitrogen and oxygen atoms in total. The van der Waals surface area contributed by atoms with E-state index in [4.69, 9.17) is 16.3 Å². The predicted molar refractivity (Wildman–Crippen MR) is 74.0 cm³/mol. The fourth-order valence-corrected chi connectivity index (χ4v) is 3.66. The highest BCUT2D eigenvalue weighted by Crippen LogP contribution is 2.34. The van der Waals surface area contributed by atoms with Crippen LogP contribution in [-0.4, -0.2) is 27.0 Å². The lowest BCUT2D eigenvalue weighted by Gasteiger charge is -2.17. The number of hydrogen-bond donors (Lipinski definition) is 0. The highest BCUT2D eigenvalue weighted by molar-refractivity contribution is 9.09. The minimum absolute atomic E-state index is 0.291. The second-order valence-electron chi connectivity index (χ2n) is 3.83. The van der Waals surface area contributed by atoms with E-state index in [1.54, 1.807) is 25.1 Å². The number of alkyl halides is 1. The molecule has 0 radical (unpaired) electrons. The van der Waals surface area contributed by atoms with Crippen LogP contribution in [0.1, 0.15) is 17.3 Å². The molecule has 6 heteroatoms. The summed E-state index contributed by atoms with van der Waals surface area (Å²) in [6, 6.07) is 5.23. The Hall–Kier alpha value is -0.260. The lowest BCUT2D eigenvalue weighted by atomic mass is 10.1. The number of halogens is 2. The molecule has 2 atom stereocenters. The van der Waals surface area contributed by atoms with Gasteiger partial charge >= 0.3 is 0 Å². The summed E-state index contributed by atoms with van der Waals surface area (Å²) in [7, 11) is -1.57. The second kappa shape index (κ2) is 5.59. The summed E-state index contributed by atoms with van der Waals surface area (Å²) in [4.78, 5) is -0.291. The van der Waals surface area contributed by atoms with Gasteiger partial charge in [-0.2, -0.15) is 0 Å². The van der Waals surface area contributed by atoms with Crippen LogP contribution in [-0.2, 0) is 9.84 Å². The summed E-state index contributed by atoms with van der Waals surface area (Å²) in [5, 5.41) is -0.0536. The van der Waals surface area contributed by atoms with E-state index in [0.29, 0.717) is 10.8 Å². The maximum Gasteiger partial charge on any atom is 0.151 e. The molecule has 17 heavy (non-hydrogen) atoms. The zero-order chi connectivity index (χ0) is 13.2. The minimum Gasteiger partial charge on any atom is -0.495 e. The van der Waals surface area contributed by atoms with Crippen LogP contribution in [0.25, 0.3) is 0 Å². The van der Waals surface area contributed by atoms with Gasteiger partial charge in [0.1, 0.15) is 5.75 Å². The summed E-state index contributed by atoms with van der Waals surface area (Å²) in [5.74, 6) is 0.571. The fraction of sp³-hybridized carbons (Fsp3) is 0.455. The van der Waals surface area contributed by atoms with Crippen LogP contribution in [0, 0.1) is 0 Å². The average molecular weight is 342 g/mol. The SMILES string of the molecule is COc1ccc(C(Br)C(C)S(C)(=O)=O)cc1Cl. The van der Waals surface area contributed by atoms with Gasteiger partial charge in [-0.25, -0.2) is 8.42 Å². The summed E-state index contributed by atoms with van der Waals surface area (Å²) >= 11 is 9.39. The molecule has 0 amide bonds. The van der Waals surface area contributed by atoms with E-state index in [0.717, 1.165) is 5.56 Å². The van der Waals surface area contributed by atoms with Crippen LogP contribution in [0.3, 0.4) is 0 Å². The molecule has 0 fully saturated rings. The highest BCUT2D eigenvalue weighted by Gasteiger charge is 2.25. The zero-order valence-corrected chi connectivity index (χ0v) is 12.9. The van der Waals surface area contributed by atoms with Gasteiger partial charge < -0.3 is 4.74 Å². The van der Waals surface area contributed by atoms with Crippen molar-refractivity contribution >= 4 is 37.4 Å². The Labute approximate surface area is 115 Å². The van der Waals surface area contributed by atoms with Crippen molar-refractivity contribution in [2.75, 3.05) is 13.4 Å². The van der Waals surface area contributed by atoms with Crippen LogP contribution in [0.4, 0.5) is 0 Å². The van der Waals surface area contributed by atoms with Gasteiger partial charge in [-0.05, 0) is 24.6 Å². The number of ether oxygens (including phenoxy) is 1. The van der Waals surface area contributed by atoms with Crippen molar-refractivity contribution in [2.24, 2.45) is 0 Å². The molecule has 0 spiro atoms. The molecule has 0 aliphatic rings. The Bertz CT molecular complexity index is 501. The quantitative estimate of drug-likeness (QED) is 0.790. The van der Waals surface area contributed by atoms with Gasteiger partial charge in [0.25, 0.3) is 0 Å². The van der Waals surface area contributed by atoms with Crippen LogP contribution < -0.4 is 4.74 Å². The Morgan fingerprint density at radius 3 is 2.41 bits per heavy atom. The van der Waals surface area contributed by atoms with Gasteiger partial charge in [-0.15, -0.1) is 0 Å². The first-order valence-electron chi connectivity index (χ1n) is 4.93. The van der Waals surface area contributed by atoms with Crippen molar-refractivity contribution in [3.63, 3.8) is 0 Å². The normalized spacial score (nSPS) is 15.4. The topological polar surface area (TPSA) is 43.4 Å². The lowest BCUT2D eigenvalue weighted by Crippen LogP contribution is -2.20. The van der Waals surface area contributed by atoms with Gasteiger partial charge in [0.15, 0.2) is 9.84 Å². The van der Waals surface area contributed by atoms with Crippen molar-refractivity contribution in [3.8, 4) is 5.75 Å². The first-order valence-corrected chi connectivity index (χ1v) is 8.18. The first-order chi connectivity index (χ1) is 7.77. The zero-order valence-electron chi connectivity index (χ0n) is 9.78. The van der Waals surface area contributed by atoms with Crippen LogP contribution in [0.5, 0.6) is 5.75 Å². The largest absolute Gasteiger partial charge is 0.495 e. The molecule has 0 aliphatic carbocycles. The summed E-state index contributed by atoms with van der Waals surface area (Å²) in [6.07, 6.45) is 1.22. The van der Waals surface area contributed by atoms with Gasteiger partial charge in [0.05, 0.1) is 22.2 Å². The minimum atomic E-state index is -3.10. The molecule has 2 unspecified atom stereocenters. The Balaban J connectivity index is 3.05. The summed E-state index contributed by atoms with van der Waals surface area (Å²) < 4.78 is 28.0. The third kappa shape index (κ3) is 3.60. The molecule has 0 bridgehead atoms. The van der Waals surface area contributed by atoms with Crippen molar-refractivity contribution in [1.82, 2.24) is 0 Å². The number of benzene rings is 1. The summed E-state index contributed by atoms with van der Waals surface area (Å²) in [6.45, 7) is 1.66. The average Bonchev–Trinajstić information content (AvgIpc) is 2.25. The number of rotatable bonds is 4. The standard InChI is InChI=1S/C11H14BrClO3S/c1-7(17(3,14)15)11(12)8-4-5-10(16-2)9(13)6-8/h4-7,11H,1-3H3. The molecule has 0 saturated heterocycles. The van der Waals surface area contributed by atoms with Crippen LogP contribution in [0.2, 0.25) is 5.02 Å². The lowest BCUT2D eigenvalue weighted by molar-refractivity contribution is 0.415. The maximum atomic E-state index is 11.5. The van der Waals surface area contributed by atoms with E-state index >= 15 is 0 Å². The summed E-state index contributed by atoms with van der Waals surface area (Å²) in [5.41, 5.74) is 0.814. The smallest absolute Gasteiger partial charge is 0.151 e. The number of methoxy groups -OCH3 is 1. The van der Waals surface area contributed by atoms with E-state index in [1.165, 1.54) is 13.4 Å². The van der Waals surface area contributed by atoms with Crippen molar-refractivity contribution < 1.29 is 13.2 Å². The predicted octanol–water partition coefficient (Wildman–Crippen LogP) is 3.22. The number of hydrogen-bond acceptors (Lipinski definition) is 3. The molecular weight excluding hydrogens is 328 g/mol. The maximum absolute atomic E-state index is 11.5. The third-order valence-corrected chi connectivity index (χ3v) is 6.17. The van der Waals surface area contributed by atoms with Gasteiger partial charge in [0.2, 0.25) is 0 Å². The number of sulfone groups is 1. The molecule has 1 aromatic carbocycles. The van der Waals surface area contributed by atoms with Gasteiger partial charge in [-0.3, -0.25) is 0 Å². The van der Waals surface area contributed by atoms with E-state index in [2.05, 4.69) is 15.9 Å². The molecule has 1 rings (SSSR count). The van der Waals surface area contributed by atoms with Crippen molar-refractivity contribution in [1.29, 1.82) is 0 Å². The molecule has 0 saturated carbocycles. The van der Waals surface area contributed by atoms with Crippen LogP contribution >= 0.6 is 27.5 Å². The van der Waals surface area contributed by atoms with E-state index in [1.807, 2.05) is 0 Å². The Kier molecular flexibility index (Phi) is 4.86. The van der Waals surface area contributed by atoms with E-state index < -0.39 is 15.1 Å². The van der Waals surface area contributed by atoms with E-state index in [9.17, 15) is 8.42 Å². The Morgan fingerprint density at radius 2 is 2.00 bits per heavy atom. The molecule has 0 N–H and O–H groups in total. The first kappa shape index (κ1) is 14.8. The monoisotopic (exact) mass is 340 g/mol. The Morgan fingerprint density at radius 1 is 1.41 bits per heavy atom. The van der Waals surface area contributed by atoms with Crippen molar-refractivity contribution in [2.45, 2.75) is 17.0 Å². The van der Waals surface area contributed by atoms with Crippen molar-refractivity contribution in [3.05, 3.63) is 28.8 Å². The van der Waals surface area contributed by atoms with Crippen LogP contribution in [0.15, 0.2) is 18.2 Å². The molecule has 1 aromatic rings. The fourth-order valence-electron chi connectivity index (χ4n) is 1.34. The molecule has 0 aliphatic heterocycles.